The van der Waals surface area contributed by atoms with Crippen molar-refractivity contribution in [3.05, 3.63) is 0 Å². The normalized spacial score (nSPS) is 13.2. The number of nitrogens with one attached hydrogen (secondary N) is 1. The molecule has 0 spiro atoms. The predicted octanol–water partition coefficient (Wildman–Crippen LogP) is -1.06. The van der Waals surface area contributed by atoms with Gasteiger partial charge in [0.2, 0.25) is 10.0 Å². The van der Waals surface area contributed by atoms with Crippen LogP contribution in [-0.2, 0) is 24.3 Å². The average molecular weight is 239 g/mol. The van der Waals surface area contributed by atoms with Crippen LogP contribution in [0.2, 0.25) is 0 Å². The van der Waals surface area contributed by atoms with Crippen LogP contribution in [0.15, 0.2) is 0 Å². The van der Waals surface area contributed by atoms with E-state index in [1.807, 2.05) is 4.72 Å². The molecule has 0 heterocycles. The number of carbonyl (C=O) groups excluding carboxylic acids is 1. The van der Waals surface area contributed by atoms with Gasteiger partial charge in [-0.05, 0) is 6.92 Å². The highest BCUT2D eigenvalue weighted by Crippen LogP contribution is 1.94. The Morgan fingerprint density at radius 2 is 2.00 bits per heavy atom. The number of hydrogen-bond donors (Lipinski definition) is 2. The maximum absolute atomic E-state index is 11.2. The quantitative estimate of drug-likeness (QED) is 0.572. The van der Waals surface area contributed by atoms with E-state index in [1.54, 1.807) is 0 Å². The van der Waals surface area contributed by atoms with E-state index < -0.39 is 33.8 Å². The van der Waals surface area contributed by atoms with Crippen LogP contribution in [-0.4, -0.2) is 44.4 Å². The monoisotopic (exact) mass is 239 g/mol. The van der Waals surface area contributed by atoms with E-state index >= 15 is 0 Å². The summed E-state index contributed by atoms with van der Waals surface area (Å²) in [5, 5.41) is 8.45. The van der Waals surface area contributed by atoms with Crippen LogP contribution in [0.5, 0.6) is 0 Å². The third kappa shape index (κ3) is 6.02. The Hall–Kier alpha value is -1.15. The molecule has 8 heteroatoms. The Kier molecular flexibility index (Phi) is 5.23. The Morgan fingerprint density at radius 3 is 2.40 bits per heavy atom. The van der Waals surface area contributed by atoms with Crippen LogP contribution >= 0.6 is 0 Å². The van der Waals surface area contributed by atoms with Crippen molar-refractivity contribution in [3.8, 4) is 0 Å². The zero-order valence-corrected chi connectivity index (χ0v) is 9.20. The number of carboxylic acid groups (broad SMARTS) is 1. The Bertz CT molecular complexity index is 335. The summed E-state index contributed by atoms with van der Waals surface area (Å²) < 4.78 is 28.5. The Morgan fingerprint density at radius 1 is 1.47 bits per heavy atom. The summed E-state index contributed by atoms with van der Waals surface area (Å²) in [6.45, 7) is 1.19. The van der Waals surface area contributed by atoms with Crippen molar-refractivity contribution >= 4 is 22.0 Å². The molecular formula is C7H13NO6S. The molecule has 0 aliphatic heterocycles. The van der Waals surface area contributed by atoms with Crippen LogP contribution in [0.3, 0.4) is 0 Å². The van der Waals surface area contributed by atoms with Crippen molar-refractivity contribution < 1.29 is 27.9 Å². The fraction of sp³-hybridized carbons (Fsp3) is 0.714. The molecule has 0 rings (SSSR count). The first kappa shape index (κ1) is 13.8. The molecule has 0 unspecified atom stereocenters. The number of hydrogen-bond acceptors (Lipinski definition) is 5. The highest BCUT2D eigenvalue weighted by Gasteiger charge is 2.20. The highest BCUT2D eigenvalue weighted by molar-refractivity contribution is 7.89. The van der Waals surface area contributed by atoms with Gasteiger partial charge >= 0.3 is 11.9 Å². The van der Waals surface area contributed by atoms with Gasteiger partial charge in [-0.1, -0.05) is 0 Å². The summed E-state index contributed by atoms with van der Waals surface area (Å²) in [7, 11) is -2.62. The molecule has 0 aliphatic carbocycles. The molecule has 0 saturated carbocycles. The molecule has 0 aromatic carbocycles. The standard InChI is InChI=1S/C7H13NO6S/c1-5(7(10)11)8-15(12,13)4-3-6(9)14-2/h5,8H,3-4H2,1-2H3,(H,10,11)/t5-/m0/s1. The number of ether oxygens (including phenoxy) is 1. The SMILES string of the molecule is COC(=O)CCS(=O)(=O)N[C@@H](C)C(=O)O. The molecule has 0 amide bonds. The van der Waals surface area contributed by atoms with E-state index in [-0.39, 0.29) is 6.42 Å². The number of esters is 1. The smallest absolute Gasteiger partial charge is 0.321 e. The van der Waals surface area contributed by atoms with Crippen LogP contribution in [0, 0.1) is 0 Å². The topological polar surface area (TPSA) is 110 Å². The second-order valence-corrected chi connectivity index (χ2v) is 4.70. The number of carboxylic acids is 1. The van der Waals surface area contributed by atoms with Crippen molar-refractivity contribution in [2.24, 2.45) is 0 Å². The lowest BCUT2D eigenvalue weighted by Crippen LogP contribution is -2.39. The second-order valence-electron chi connectivity index (χ2n) is 2.82. The fourth-order valence-corrected chi connectivity index (χ4v) is 1.89. The van der Waals surface area contributed by atoms with Gasteiger partial charge in [-0.2, -0.15) is 0 Å². The fourth-order valence-electron chi connectivity index (χ4n) is 0.698. The summed E-state index contributed by atoms with van der Waals surface area (Å²) >= 11 is 0. The Labute approximate surface area is 87.5 Å². The molecule has 2 N–H and O–H groups in total. The van der Waals surface area contributed by atoms with Gasteiger partial charge in [0, 0.05) is 0 Å². The molecule has 0 saturated heterocycles. The highest BCUT2D eigenvalue weighted by atomic mass is 32.2. The van der Waals surface area contributed by atoms with Gasteiger partial charge in [0.15, 0.2) is 0 Å². The van der Waals surface area contributed by atoms with Gasteiger partial charge in [-0.3, -0.25) is 9.59 Å². The minimum Gasteiger partial charge on any atom is -0.480 e. The van der Waals surface area contributed by atoms with E-state index in [9.17, 15) is 18.0 Å². The van der Waals surface area contributed by atoms with Gasteiger partial charge in [0.25, 0.3) is 0 Å². The first-order valence-electron chi connectivity index (χ1n) is 4.08. The van der Waals surface area contributed by atoms with E-state index in [1.165, 1.54) is 6.92 Å². The number of rotatable bonds is 6. The molecule has 0 bridgehead atoms. The Balaban J connectivity index is 4.20. The van der Waals surface area contributed by atoms with E-state index in [4.69, 9.17) is 5.11 Å². The predicted molar refractivity (Wildman–Crippen MR) is 50.7 cm³/mol. The van der Waals surface area contributed by atoms with Crippen LogP contribution < -0.4 is 4.72 Å². The maximum Gasteiger partial charge on any atom is 0.321 e. The van der Waals surface area contributed by atoms with Crippen LogP contribution in [0.4, 0.5) is 0 Å². The lowest BCUT2D eigenvalue weighted by Gasteiger charge is -2.09. The zero-order chi connectivity index (χ0) is 12.1. The van der Waals surface area contributed by atoms with Gasteiger partial charge in [-0.15, -0.1) is 0 Å². The largest absolute Gasteiger partial charge is 0.480 e. The van der Waals surface area contributed by atoms with Crippen molar-refractivity contribution in [1.29, 1.82) is 0 Å². The molecule has 15 heavy (non-hydrogen) atoms. The van der Waals surface area contributed by atoms with E-state index in [0.29, 0.717) is 0 Å². The first-order valence-corrected chi connectivity index (χ1v) is 5.73. The van der Waals surface area contributed by atoms with Gasteiger partial charge in [0.05, 0.1) is 19.3 Å². The zero-order valence-electron chi connectivity index (χ0n) is 8.39. The van der Waals surface area contributed by atoms with E-state index in [0.717, 1.165) is 7.11 Å². The van der Waals surface area contributed by atoms with Crippen molar-refractivity contribution in [2.45, 2.75) is 19.4 Å². The lowest BCUT2D eigenvalue weighted by molar-refractivity contribution is -0.140. The van der Waals surface area contributed by atoms with Crippen molar-refractivity contribution in [1.82, 2.24) is 4.72 Å². The van der Waals surface area contributed by atoms with Gasteiger partial charge < -0.3 is 9.84 Å². The summed E-state index contributed by atoms with van der Waals surface area (Å²) in [4.78, 5) is 21.0. The summed E-state index contributed by atoms with van der Waals surface area (Å²) in [6.07, 6.45) is -0.307. The third-order valence-electron chi connectivity index (χ3n) is 1.53. The van der Waals surface area contributed by atoms with Gasteiger partial charge in [0.1, 0.15) is 6.04 Å². The van der Waals surface area contributed by atoms with Crippen molar-refractivity contribution in [3.63, 3.8) is 0 Å². The molecule has 0 radical (unpaired) electrons. The number of sulfonamides is 1. The third-order valence-corrected chi connectivity index (χ3v) is 2.98. The first-order chi connectivity index (χ1) is 6.78. The molecule has 0 fully saturated rings. The summed E-state index contributed by atoms with van der Waals surface area (Å²) in [5.74, 6) is -2.43. The molecule has 88 valence electrons. The molecular weight excluding hydrogens is 226 g/mol. The van der Waals surface area contributed by atoms with Crippen LogP contribution in [0.25, 0.3) is 0 Å². The molecule has 0 aromatic rings. The molecule has 0 aromatic heterocycles. The molecule has 7 nitrogen and oxygen atoms in total. The number of aliphatic carboxylic acids is 1. The number of carbonyl (C=O) groups is 2. The minimum absolute atomic E-state index is 0.307. The summed E-state index contributed by atoms with van der Waals surface area (Å²) in [6, 6.07) is -1.22. The minimum atomic E-state index is -3.76. The summed E-state index contributed by atoms with van der Waals surface area (Å²) in [5.41, 5.74) is 0. The average Bonchev–Trinajstić information content (AvgIpc) is 2.13. The lowest BCUT2D eigenvalue weighted by atomic mass is 10.4. The number of methoxy groups -OCH3 is 1. The molecule has 1 atom stereocenters. The second kappa shape index (κ2) is 5.66. The van der Waals surface area contributed by atoms with Gasteiger partial charge in [-0.25, -0.2) is 13.1 Å². The van der Waals surface area contributed by atoms with E-state index in [2.05, 4.69) is 4.74 Å². The maximum atomic E-state index is 11.2. The molecule has 0 aliphatic rings. The van der Waals surface area contributed by atoms with Crippen molar-refractivity contribution in [2.75, 3.05) is 12.9 Å². The van der Waals surface area contributed by atoms with Crippen LogP contribution in [0.1, 0.15) is 13.3 Å².